The van der Waals surface area contributed by atoms with E-state index in [4.69, 9.17) is 14.2 Å². The first-order chi connectivity index (χ1) is 20.1. The number of fused-ring (bicyclic) bond motifs is 1. The monoisotopic (exact) mass is 590 g/mol. The van der Waals surface area contributed by atoms with Crippen molar-refractivity contribution in [1.29, 1.82) is 0 Å². The highest BCUT2D eigenvalue weighted by molar-refractivity contribution is 7.17. The minimum atomic E-state index is -1.01. The Hall–Kier alpha value is -4.18. The number of aliphatic hydroxyl groups excluding tert-OH is 1. The van der Waals surface area contributed by atoms with E-state index in [9.17, 15) is 19.5 Å². The molecule has 2 unspecified atom stereocenters. The van der Waals surface area contributed by atoms with Gasteiger partial charge in [-0.25, -0.2) is 9.78 Å². The van der Waals surface area contributed by atoms with Crippen LogP contribution in [-0.2, 0) is 20.7 Å². The van der Waals surface area contributed by atoms with E-state index in [1.54, 1.807) is 50.2 Å². The average molecular weight is 591 g/mol. The molecule has 42 heavy (non-hydrogen) atoms. The minimum Gasteiger partial charge on any atom is -0.507 e. The Balaban J connectivity index is 1.63. The second kappa shape index (κ2) is 12.0. The maximum atomic E-state index is 13.7. The lowest BCUT2D eigenvalue weighted by molar-refractivity contribution is -0.132. The molecule has 9 nitrogen and oxygen atoms in total. The molecule has 220 valence electrons. The van der Waals surface area contributed by atoms with Gasteiger partial charge >= 0.3 is 11.9 Å². The summed E-state index contributed by atoms with van der Waals surface area (Å²) in [6.07, 6.45) is 1.53. The summed E-state index contributed by atoms with van der Waals surface area (Å²) in [6.45, 7) is 10.2. The van der Waals surface area contributed by atoms with Crippen molar-refractivity contribution in [3.8, 4) is 11.5 Å². The van der Waals surface area contributed by atoms with Crippen molar-refractivity contribution in [1.82, 2.24) is 4.98 Å². The molecule has 2 atom stereocenters. The molecule has 1 fully saturated rings. The first-order valence-electron chi connectivity index (χ1n) is 14.1. The molecule has 3 heterocycles. The fraction of sp³-hybridized carbons (Fsp3) is 0.375. The van der Waals surface area contributed by atoms with Crippen LogP contribution in [0.2, 0.25) is 0 Å². The standard InChI is InChI=1S/C32H34N2O7S/c1-6-39-31(38)29-19(5)33-32(42-29)34-26(20-8-7-9-23(16-20)40-13-12-17(2)3)25(28(36)30(34)37)27(35)21-10-11-24-22(15-21)14-18(4)41-24/h7-11,15-18,26,35H,6,12-14H2,1-5H3. The molecule has 1 saturated heterocycles. The quantitative estimate of drug-likeness (QED) is 0.140. The number of carbonyl (C=O) groups excluding carboxylic acids is 3. The van der Waals surface area contributed by atoms with E-state index in [0.29, 0.717) is 41.5 Å². The molecule has 0 aliphatic carbocycles. The van der Waals surface area contributed by atoms with Gasteiger partial charge in [-0.05, 0) is 74.6 Å². The van der Waals surface area contributed by atoms with E-state index in [-0.39, 0.29) is 34.1 Å². The van der Waals surface area contributed by atoms with E-state index < -0.39 is 23.7 Å². The van der Waals surface area contributed by atoms with Crippen molar-refractivity contribution < 1.29 is 33.7 Å². The second-order valence-electron chi connectivity index (χ2n) is 10.9. The average Bonchev–Trinajstić information content (AvgIpc) is 3.60. The van der Waals surface area contributed by atoms with Gasteiger partial charge in [0.15, 0.2) is 5.13 Å². The molecule has 5 rings (SSSR count). The number of esters is 1. The molecule has 0 bridgehead atoms. The van der Waals surface area contributed by atoms with Crippen LogP contribution in [0.4, 0.5) is 5.13 Å². The summed E-state index contributed by atoms with van der Waals surface area (Å²) in [5.74, 6) is -0.788. The molecule has 1 aromatic heterocycles. The number of rotatable bonds is 9. The van der Waals surface area contributed by atoms with Gasteiger partial charge in [-0.3, -0.25) is 14.5 Å². The van der Waals surface area contributed by atoms with E-state index in [1.807, 2.05) is 13.0 Å². The third kappa shape index (κ3) is 5.63. The molecule has 2 aliphatic rings. The second-order valence-corrected chi connectivity index (χ2v) is 11.8. The zero-order valence-corrected chi connectivity index (χ0v) is 25.1. The molecule has 2 aromatic carbocycles. The maximum absolute atomic E-state index is 13.7. The molecular weight excluding hydrogens is 556 g/mol. The lowest BCUT2D eigenvalue weighted by atomic mass is 9.94. The summed E-state index contributed by atoms with van der Waals surface area (Å²) >= 11 is 0.972. The largest absolute Gasteiger partial charge is 0.507 e. The molecule has 2 aliphatic heterocycles. The molecular formula is C32H34N2O7S. The fourth-order valence-corrected chi connectivity index (χ4v) is 6.12. The third-order valence-corrected chi connectivity index (χ3v) is 8.34. The Morgan fingerprint density at radius 3 is 2.74 bits per heavy atom. The number of nitrogens with zero attached hydrogens (tertiary/aromatic N) is 2. The molecule has 0 spiro atoms. The Morgan fingerprint density at radius 2 is 2.00 bits per heavy atom. The number of aryl methyl sites for hydroxylation is 1. The molecule has 0 saturated carbocycles. The number of carbonyl (C=O) groups is 3. The number of benzene rings is 2. The summed E-state index contributed by atoms with van der Waals surface area (Å²) in [4.78, 5) is 45.8. The predicted octanol–water partition coefficient (Wildman–Crippen LogP) is 6.00. The Bertz CT molecular complexity index is 1570. The van der Waals surface area contributed by atoms with Crippen LogP contribution < -0.4 is 14.4 Å². The van der Waals surface area contributed by atoms with E-state index in [0.717, 1.165) is 29.1 Å². The number of anilines is 1. The Labute approximate surface area is 248 Å². The normalized spacial score (nSPS) is 19.2. The fourth-order valence-electron chi connectivity index (χ4n) is 5.13. The van der Waals surface area contributed by atoms with Crippen LogP contribution in [0.3, 0.4) is 0 Å². The van der Waals surface area contributed by atoms with Gasteiger partial charge in [0.05, 0.1) is 30.5 Å². The van der Waals surface area contributed by atoms with Gasteiger partial charge in [0.25, 0.3) is 5.78 Å². The SMILES string of the molecule is CCOC(=O)c1sc(N2C(=O)C(=O)C(=C(O)c3ccc4c(c3)CC(C)O4)C2c2cccc(OCCC(C)C)c2)nc1C. The summed E-state index contributed by atoms with van der Waals surface area (Å²) in [5.41, 5.74) is 2.18. The first kappa shape index (κ1) is 29.3. The van der Waals surface area contributed by atoms with E-state index >= 15 is 0 Å². The number of Topliss-reactive ketones (excluding diaryl/α,β-unsaturated/α-hetero) is 1. The third-order valence-electron chi connectivity index (χ3n) is 7.20. The summed E-state index contributed by atoms with van der Waals surface area (Å²) in [6, 6.07) is 11.3. The van der Waals surface area contributed by atoms with Crippen LogP contribution in [0.1, 0.15) is 72.2 Å². The number of hydrogen-bond donors (Lipinski definition) is 1. The van der Waals surface area contributed by atoms with Crippen LogP contribution in [0.25, 0.3) is 5.76 Å². The summed E-state index contributed by atoms with van der Waals surface area (Å²) in [7, 11) is 0. The first-order valence-corrected chi connectivity index (χ1v) is 14.9. The smallest absolute Gasteiger partial charge is 0.350 e. The molecule has 1 amide bonds. The van der Waals surface area contributed by atoms with Crippen molar-refractivity contribution in [3.05, 3.63) is 75.3 Å². The maximum Gasteiger partial charge on any atom is 0.350 e. The van der Waals surface area contributed by atoms with Gasteiger partial charge in [0.2, 0.25) is 0 Å². The summed E-state index contributed by atoms with van der Waals surface area (Å²) < 4.78 is 16.9. The van der Waals surface area contributed by atoms with Crippen LogP contribution in [0, 0.1) is 12.8 Å². The Morgan fingerprint density at radius 1 is 1.21 bits per heavy atom. The highest BCUT2D eigenvalue weighted by Crippen LogP contribution is 2.45. The lowest BCUT2D eigenvalue weighted by Gasteiger charge is -2.23. The van der Waals surface area contributed by atoms with Gasteiger partial charge in [-0.15, -0.1) is 0 Å². The topological polar surface area (TPSA) is 115 Å². The number of aliphatic hydroxyl groups is 1. The van der Waals surface area contributed by atoms with Crippen molar-refractivity contribution in [2.24, 2.45) is 5.92 Å². The van der Waals surface area contributed by atoms with E-state index in [2.05, 4.69) is 18.8 Å². The number of ketones is 1. The van der Waals surface area contributed by atoms with Gasteiger partial charge in [-0.1, -0.05) is 37.3 Å². The zero-order valence-electron chi connectivity index (χ0n) is 24.3. The van der Waals surface area contributed by atoms with Crippen LogP contribution in [0.5, 0.6) is 11.5 Å². The van der Waals surface area contributed by atoms with Gasteiger partial charge in [0.1, 0.15) is 28.2 Å². The highest BCUT2D eigenvalue weighted by atomic mass is 32.1. The number of amides is 1. The van der Waals surface area contributed by atoms with Crippen LogP contribution in [0.15, 0.2) is 48.0 Å². The number of aromatic nitrogens is 1. The zero-order chi connectivity index (χ0) is 30.1. The van der Waals surface area contributed by atoms with E-state index in [1.165, 1.54) is 4.90 Å². The van der Waals surface area contributed by atoms with Crippen molar-refractivity contribution in [2.45, 2.75) is 59.6 Å². The van der Waals surface area contributed by atoms with Crippen LogP contribution in [-0.4, -0.2) is 47.1 Å². The van der Waals surface area contributed by atoms with Crippen molar-refractivity contribution >= 4 is 39.9 Å². The lowest BCUT2D eigenvalue weighted by Crippen LogP contribution is -2.29. The number of ether oxygens (including phenoxy) is 3. The Kier molecular flexibility index (Phi) is 8.36. The molecule has 10 heteroatoms. The van der Waals surface area contributed by atoms with Gasteiger partial charge < -0.3 is 19.3 Å². The number of hydrogen-bond acceptors (Lipinski definition) is 9. The predicted molar refractivity (Wildman–Crippen MR) is 159 cm³/mol. The van der Waals surface area contributed by atoms with Crippen molar-refractivity contribution in [2.75, 3.05) is 18.1 Å². The van der Waals surface area contributed by atoms with Gasteiger partial charge in [0, 0.05) is 12.0 Å². The van der Waals surface area contributed by atoms with Crippen molar-refractivity contribution in [3.63, 3.8) is 0 Å². The molecule has 0 radical (unpaired) electrons. The minimum absolute atomic E-state index is 0.00292. The number of thiazole rings is 1. The highest BCUT2D eigenvalue weighted by Gasteiger charge is 2.48. The molecule has 1 N–H and O–H groups in total. The molecule has 3 aromatic rings. The summed E-state index contributed by atoms with van der Waals surface area (Å²) in [5, 5.41) is 11.8. The van der Waals surface area contributed by atoms with Gasteiger partial charge in [-0.2, -0.15) is 0 Å². The van der Waals surface area contributed by atoms with Crippen LogP contribution >= 0.6 is 11.3 Å².